The molecule has 18 heavy (non-hydrogen) atoms. The minimum Gasteiger partial charge on any atom is -0.349 e. The van der Waals surface area contributed by atoms with Gasteiger partial charge in [-0.3, -0.25) is 9.00 Å². The molecule has 4 nitrogen and oxygen atoms in total. The normalized spacial score (nSPS) is 35.1. The van der Waals surface area contributed by atoms with Gasteiger partial charge in [-0.25, -0.2) is 4.36 Å². The van der Waals surface area contributed by atoms with Gasteiger partial charge in [-0.1, -0.05) is 20.3 Å². The number of nitrogens with zero attached hydrogens (tertiary/aromatic N) is 1. The summed E-state index contributed by atoms with van der Waals surface area (Å²) >= 11 is 0. The van der Waals surface area contributed by atoms with E-state index in [1.165, 1.54) is 6.42 Å². The van der Waals surface area contributed by atoms with Crippen LogP contribution < -0.4 is 5.32 Å². The molecule has 3 rings (SSSR count). The smallest absolute Gasteiger partial charge is 0.242 e. The van der Waals surface area contributed by atoms with E-state index in [9.17, 15) is 9.00 Å². The Morgan fingerprint density at radius 1 is 1.39 bits per heavy atom. The highest BCUT2D eigenvalue weighted by atomic mass is 32.2. The minimum absolute atomic E-state index is 0.0317. The zero-order valence-corrected chi connectivity index (χ0v) is 12.6. The molecule has 5 heteroatoms. The van der Waals surface area contributed by atoms with Crippen molar-refractivity contribution < 1.29 is 9.00 Å². The number of carbonyl (C=O) groups is 1. The van der Waals surface area contributed by atoms with E-state index in [4.69, 9.17) is 0 Å². The predicted molar refractivity (Wildman–Crippen MR) is 73.9 cm³/mol. The van der Waals surface area contributed by atoms with Crippen LogP contribution in [0.2, 0.25) is 0 Å². The fraction of sp³-hybridized carbons (Fsp3) is 0.923. The second kappa shape index (κ2) is 4.22. The Labute approximate surface area is 110 Å². The Morgan fingerprint density at radius 2 is 1.94 bits per heavy atom. The van der Waals surface area contributed by atoms with Crippen LogP contribution in [0.4, 0.5) is 0 Å². The quantitative estimate of drug-likeness (QED) is 0.829. The van der Waals surface area contributed by atoms with Gasteiger partial charge in [0.05, 0.1) is 0 Å². The number of hydrogen-bond donors (Lipinski definition) is 1. The van der Waals surface area contributed by atoms with Crippen molar-refractivity contribution >= 4 is 15.6 Å². The molecular formula is C13H24N2O2S. The van der Waals surface area contributed by atoms with Crippen molar-refractivity contribution in [3.63, 3.8) is 0 Å². The van der Waals surface area contributed by atoms with Crippen molar-refractivity contribution in [1.29, 1.82) is 0 Å². The molecule has 1 unspecified atom stereocenters. The van der Waals surface area contributed by atoms with Crippen molar-refractivity contribution in [2.45, 2.75) is 45.1 Å². The summed E-state index contributed by atoms with van der Waals surface area (Å²) in [6, 6.07) is 0. The molecule has 3 fully saturated rings. The fourth-order valence-corrected chi connectivity index (χ4v) is 3.93. The first-order valence-corrected chi connectivity index (χ1v) is 8.97. The van der Waals surface area contributed by atoms with E-state index in [0.717, 1.165) is 25.2 Å². The number of carbonyl (C=O) groups excluding carboxylic acids is 1. The van der Waals surface area contributed by atoms with Gasteiger partial charge in [-0.2, -0.15) is 0 Å². The van der Waals surface area contributed by atoms with Crippen LogP contribution in [-0.4, -0.2) is 34.7 Å². The molecule has 0 spiro atoms. The van der Waals surface area contributed by atoms with E-state index in [2.05, 4.69) is 23.5 Å². The van der Waals surface area contributed by atoms with Crippen molar-refractivity contribution in [3.8, 4) is 0 Å². The van der Waals surface area contributed by atoms with Gasteiger partial charge in [0.1, 0.15) is 6.54 Å². The summed E-state index contributed by atoms with van der Waals surface area (Å²) in [5, 5.41) is 3.08. The highest BCUT2D eigenvalue weighted by Crippen LogP contribution is 2.71. The van der Waals surface area contributed by atoms with Gasteiger partial charge >= 0.3 is 0 Å². The Hall–Kier alpha value is -0.580. The largest absolute Gasteiger partial charge is 0.349 e. The summed E-state index contributed by atoms with van der Waals surface area (Å²) in [6.07, 6.45) is 7.68. The molecule has 0 aliphatic heterocycles. The Kier molecular flexibility index (Phi) is 3.24. The van der Waals surface area contributed by atoms with E-state index in [0.29, 0.717) is 5.41 Å². The average molecular weight is 272 g/mol. The second-order valence-electron chi connectivity index (χ2n) is 6.50. The van der Waals surface area contributed by atoms with Crippen LogP contribution in [-0.2, 0) is 14.5 Å². The maximum Gasteiger partial charge on any atom is 0.242 e. The summed E-state index contributed by atoms with van der Waals surface area (Å²) in [5.41, 5.74) is 0.556. The topological polar surface area (TPSA) is 58.5 Å². The molecule has 3 saturated carbocycles. The van der Waals surface area contributed by atoms with E-state index >= 15 is 0 Å². The maximum absolute atomic E-state index is 11.7. The second-order valence-corrected chi connectivity index (χ2v) is 9.12. The molecule has 1 N–H and O–H groups in total. The lowest BCUT2D eigenvalue weighted by molar-refractivity contribution is -0.190. The van der Waals surface area contributed by atoms with Crippen molar-refractivity contribution in [3.05, 3.63) is 0 Å². The first-order chi connectivity index (χ1) is 8.20. The molecule has 0 aromatic carbocycles. The van der Waals surface area contributed by atoms with E-state index in [1.807, 2.05) is 0 Å². The van der Waals surface area contributed by atoms with E-state index in [1.54, 1.807) is 12.5 Å². The number of rotatable bonds is 5. The number of amides is 1. The Morgan fingerprint density at radius 3 is 2.39 bits per heavy atom. The SMILES string of the molecule is CCC(C)C12CC(NC(=O)CN=S(C)(C)=O)(C1)C2. The van der Waals surface area contributed by atoms with Crippen molar-refractivity contribution in [1.82, 2.24) is 5.32 Å². The lowest BCUT2D eigenvalue weighted by atomic mass is 9.35. The first-order valence-electron chi connectivity index (χ1n) is 6.64. The molecule has 0 saturated heterocycles. The summed E-state index contributed by atoms with van der Waals surface area (Å²) in [4.78, 5) is 11.7. The van der Waals surface area contributed by atoms with Crippen LogP contribution in [0, 0.1) is 11.3 Å². The van der Waals surface area contributed by atoms with Crippen LogP contribution in [0.3, 0.4) is 0 Å². The molecule has 3 aliphatic carbocycles. The molecule has 0 aromatic heterocycles. The van der Waals surface area contributed by atoms with Crippen molar-refractivity contribution in [2.75, 3.05) is 19.1 Å². The lowest BCUT2D eigenvalue weighted by Gasteiger charge is -2.73. The summed E-state index contributed by atoms with van der Waals surface area (Å²) in [6.45, 7) is 4.57. The standard InChI is InChI=1S/C13H24N2O2S/c1-5-10(2)12-7-13(8-12,9-12)15-11(16)6-14-18(3,4)17/h10H,5-9H2,1-4H3,(H,15,16). The molecule has 1 atom stereocenters. The van der Waals surface area contributed by atoms with Gasteiger partial charge in [0.2, 0.25) is 5.91 Å². The third-order valence-electron chi connectivity index (χ3n) is 4.65. The van der Waals surface area contributed by atoms with Gasteiger partial charge in [0.25, 0.3) is 0 Å². The van der Waals surface area contributed by atoms with E-state index < -0.39 is 9.73 Å². The van der Waals surface area contributed by atoms with Gasteiger partial charge in [0.15, 0.2) is 0 Å². The average Bonchev–Trinajstić information content (AvgIpc) is 2.16. The van der Waals surface area contributed by atoms with Gasteiger partial charge in [0, 0.05) is 27.8 Å². The van der Waals surface area contributed by atoms with E-state index in [-0.39, 0.29) is 18.0 Å². The third-order valence-corrected chi connectivity index (χ3v) is 5.40. The Bertz CT molecular complexity index is 450. The zero-order valence-electron chi connectivity index (χ0n) is 11.8. The molecular weight excluding hydrogens is 248 g/mol. The van der Waals surface area contributed by atoms with Gasteiger partial charge in [-0.05, 0) is 30.6 Å². The molecule has 3 aliphatic rings. The zero-order chi connectivity index (χ0) is 13.6. The van der Waals surface area contributed by atoms with Crippen LogP contribution >= 0.6 is 0 Å². The summed E-state index contributed by atoms with van der Waals surface area (Å²) in [5.74, 6) is 0.676. The van der Waals surface area contributed by atoms with Crippen LogP contribution in [0.1, 0.15) is 39.5 Å². The molecule has 0 aromatic rings. The van der Waals surface area contributed by atoms with Crippen molar-refractivity contribution in [2.24, 2.45) is 15.7 Å². The minimum atomic E-state index is -2.17. The van der Waals surface area contributed by atoms with Crippen LogP contribution in [0.25, 0.3) is 0 Å². The third kappa shape index (κ3) is 2.42. The summed E-state index contributed by atoms with van der Waals surface area (Å²) < 4.78 is 15.3. The molecule has 0 heterocycles. The molecule has 0 radical (unpaired) electrons. The van der Waals surface area contributed by atoms with Gasteiger partial charge in [-0.15, -0.1) is 0 Å². The fourth-order valence-electron chi connectivity index (χ4n) is 3.50. The highest BCUT2D eigenvalue weighted by Gasteiger charge is 2.69. The molecule has 104 valence electrons. The number of nitrogens with one attached hydrogen (secondary N) is 1. The Balaban J connectivity index is 1.82. The number of hydrogen-bond acceptors (Lipinski definition) is 3. The monoisotopic (exact) mass is 272 g/mol. The van der Waals surface area contributed by atoms with Crippen LogP contribution in [0.5, 0.6) is 0 Å². The predicted octanol–water partition coefficient (Wildman–Crippen LogP) is 1.80. The first kappa shape index (κ1) is 13.8. The van der Waals surface area contributed by atoms with Crippen LogP contribution in [0.15, 0.2) is 4.36 Å². The highest BCUT2D eigenvalue weighted by molar-refractivity contribution is 7.92. The molecule has 2 bridgehead atoms. The lowest BCUT2D eigenvalue weighted by Crippen LogP contribution is -2.76. The summed E-state index contributed by atoms with van der Waals surface area (Å²) in [7, 11) is -2.17. The van der Waals surface area contributed by atoms with Gasteiger partial charge < -0.3 is 5.32 Å². The maximum atomic E-state index is 11.7. The molecule has 1 amide bonds.